The van der Waals surface area contributed by atoms with Crippen molar-refractivity contribution in [3.8, 4) is 39.9 Å². The number of aromatic nitrogens is 5. The summed E-state index contributed by atoms with van der Waals surface area (Å²) in [4.78, 5) is 5.25. The summed E-state index contributed by atoms with van der Waals surface area (Å²) in [6.07, 6.45) is 0. The van der Waals surface area contributed by atoms with Crippen molar-refractivity contribution < 1.29 is 0 Å². The molecule has 0 aliphatic rings. The smallest absolute Gasteiger partial charge is 0.102 e. The molecule has 14 rings (SSSR count). The maximum absolute atomic E-state index is 12.8. The van der Waals surface area contributed by atoms with Crippen LogP contribution in [0.25, 0.3) is 121 Å². The van der Waals surface area contributed by atoms with E-state index in [1.807, 2.05) is 0 Å². The first-order chi connectivity index (χ1) is 36.8. The molecule has 0 amide bonds. The molecular formula is C70H56N6. The number of pyridine rings is 1. The molecule has 0 spiro atoms. The Kier molecular flexibility index (Phi) is 9.81. The van der Waals surface area contributed by atoms with Crippen molar-refractivity contribution in [2.24, 2.45) is 0 Å². The topological polar surface area (TPSA) is 56.4 Å². The maximum Gasteiger partial charge on any atom is 0.102 e. The minimum atomic E-state index is 0.554. The van der Waals surface area contributed by atoms with Gasteiger partial charge in [-0.25, -0.2) is 0 Å². The van der Waals surface area contributed by atoms with Crippen molar-refractivity contribution in [1.82, 2.24) is 23.3 Å². The highest BCUT2D eigenvalue weighted by molar-refractivity contribution is 6.17. The molecule has 9 aromatic carbocycles. The normalized spacial score (nSPS) is 12.1. The first kappa shape index (κ1) is 45.4. The lowest BCUT2D eigenvalue weighted by Gasteiger charge is -2.30. The van der Waals surface area contributed by atoms with E-state index in [0.717, 1.165) is 122 Å². The zero-order valence-corrected chi connectivity index (χ0v) is 44.7. The minimum Gasteiger partial charge on any atom is -0.306 e. The van der Waals surface area contributed by atoms with Crippen LogP contribution in [0, 0.1) is 80.6 Å². The van der Waals surface area contributed by atoms with Crippen LogP contribution >= 0.6 is 0 Å². The van der Waals surface area contributed by atoms with Crippen LogP contribution in [0.3, 0.4) is 0 Å². The second-order valence-electron chi connectivity index (χ2n) is 21.8. The van der Waals surface area contributed by atoms with E-state index < -0.39 is 0 Å². The van der Waals surface area contributed by atoms with Crippen LogP contribution in [-0.2, 0) is 0 Å². The third-order valence-corrected chi connectivity index (χ3v) is 16.2. The molecule has 0 saturated carbocycles. The van der Waals surface area contributed by atoms with Crippen LogP contribution in [-0.4, -0.2) is 23.3 Å². The summed E-state index contributed by atoms with van der Waals surface area (Å²) < 4.78 is 9.96. The van der Waals surface area contributed by atoms with Crippen LogP contribution in [0.4, 0.5) is 0 Å². The van der Waals surface area contributed by atoms with Gasteiger partial charge in [0.2, 0.25) is 0 Å². The number of benzene rings is 9. The van der Waals surface area contributed by atoms with Gasteiger partial charge in [-0.05, 0) is 172 Å². The summed E-state index contributed by atoms with van der Waals surface area (Å²) in [5.74, 6) is 0. The van der Waals surface area contributed by atoms with Gasteiger partial charge in [0.25, 0.3) is 0 Å². The molecule has 0 atom stereocenters. The molecular weight excluding hydrogens is 925 g/mol. The third-order valence-electron chi connectivity index (χ3n) is 16.2. The van der Waals surface area contributed by atoms with Gasteiger partial charge in [-0.3, -0.25) is 4.98 Å². The molecule has 366 valence electrons. The fraction of sp³-hybridized carbons (Fsp3) is 0.143. The van der Waals surface area contributed by atoms with Gasteiger partial charge in [0.05, 0.1) is 72.4 Å². The Morgan fingerprint density at radius 2 is 0.553 bits per heavy atom. The van der Waals surface area contributed by atoms with Gasteiger partial charge in [0.15, 0.2) is 0 Å². The number of nitrogens with zero attached hydrogens (tertiary/aromatic N) is 6. The summed E-state index contributed by atoms with van der Waals surface area (Å²) in [5, 5.41) is 22.0. The molecule has 5 heterocycles. The Balaban J connectivity index is 1.39. The molecule has 5 aromatic heterocycles. The van der Waals surface area contributed by atoms with Gasteiger partial charge >= 0.3 is 0 Å². The van der Waals surface area contributed by atoms with Gasteiger partial charge in [0.1, 0.15) is 6.07 Å². The number of rotatable bonds is 5. The predicted octanol–water partition coefficient (Wildman–Crippen LogP) is 18.1. The van der Waals surface area contributed by atoms with Crippen molar-refractivity contribution >= 4 is 87.2 Å². The Morgan fingerprint density at radius 1 is 0.303 bits per heavy atom. The van der Waals surface area contributed by atoms with E-state index in [1.54, 1.807) is 0 Å². The van der Waals surface area contributed by atoms with Gasteiger partial charge in [-0.2, -0.15) is 5.26 Å². The SMILES string of the molecule is Cc1ccc2c(c1)c1cc(C)ccc1n2-c1c(C#N)c(-c2ccc(C)nc2C)c(-n2c3ccc(C)cc3c3cc(C)ccc32)c(-n2c3ccc(C)cc3c3cc(C)ccc32)c1-n1c2ccc(C)cc2c2cc(C)ccc21. The molecule has 0 aliphatic heterocycles. The van der Waals surface area contributed by atoms with E-state index in [2.05, 4.69) is 251 Å². The zero-order valence-electron chi connectivity index (χ0n) is 44.7. The number of aryl methyl sites for hydroxylation is 10. The summed E-state index contributed by atoms with van der Waals surface area (Å²) in [6.45, 7) is 21.6. The lowest BCUT2D eigenvalue weighted by Crippen LogP contribution is -2.17. The first-order valence-electron chi connectivity index (χ1n) is 26.4. The Hall–Kier alpha value is -9.18. The van der Waals surface area contributed by atoms with Crippen molar-refractivity contribution in [2.45, 2.75) is 69.2 Å². The monoisotopic (exact) mass is 980 g/mol. The zero-order chi connectivity index (χ0) is 52.2. The van der Waals surface area contributed by atoms with Crippen molar-refractivity contribution in [2.75, 3.05) is 0 Å². The number of nitriles is 1. The van der Waals surface area contributed by atoms with E-state index in [4.69, 9.17) is 4.98 Å². The average Bonchev–Trinajstić information content (AvgIpc) is 4.25. The highest BCUT2D eigenvalue weighted by Crippen LogP contribution is 2.52. The number of hydrogen-bond donors (Lipinski definition) is 0. The second-order valence-corrected chi connectivity index (χ2v) is 21.8. The molecule has 0 aliphatic carbocycles. The third kappa shape index (κ3) is 6.48. The largest absolute Gasteiger partial charge is 0.306 e. The molecule has 0 radical (unpaired) electrons. The van der Waals surface area contributed by atoms with E-state index in [1.165, 1.54) is 55.3 Å². The van der Waals surface area contributed by atoms with Crippen LogP contribution < -0.4 is 0 Å². The quantitative estimate of drug-likeness (QED) is 0.173. The Morgan fingerprint density at radius 3 is 0.816 bits per heavy atom. The second kappa shape index (κ2) is 16.4. The van der Waals surface area contributed by atoms with Crippen molar-refractivity contribution in [3.05, 3.63) is 219 Å². The van der Waals surface area contributed by atoms with E-state index >= 15 is 0 Å². The molecule has 0 unspecified atom stereocenters. The predicted molar refractivity (Wildman–Crippen MR) is 319 cm³/mol. The number of fused-ring (bicyclic) bond motifs is 12. The fourth-order valence-corrected chi connectivity index (χ4v) is 12.8. The summed E-state index contributed by atoms with van der Waals surface area (Å²) in [5.41, 5.74) is 25.4. The molecule has 0 N–H and O–H groups in total. The average molecular weight is 981 g/mol. The van der Waals surface area contributed by atoms with Gasteiger partial charge in [-0.1, -0.05) is 99.1 Å². The molecule has 0 fully saturated rings. The van der Waals surface area contributed by atoms with E-state index in [0.29, 0.717) is 5.56 Å². The molecule has 0 bridgehead atoms. The number of hydrogen-bond acceptors (Lipinski definition) is 2. The molecule has 76 heavy (non-hydrogen) atoms. The van der Waals surface area contributed by atoms with Gasteiger partial charge in [-0.15, -0.1) is 0 Å². The summed E-state index contributed by atoms with van der Waals surface area (Å²) in [7, 11) is 0. The lowest BCUT2D eigenvalue weighted by atomic mass is 9.91. The fourth-order valence-electron chi connectivity index (χ4n) is 12.8. The van der Waals surface area contributed by atoms with E-state index in [9.17, 15) is 5.26 Å². The lowest BCUT2D eigenvalue weighted by molar-refractivity contribution is 1.02. The van der Waals surface area contributed by atoms with Crippen LogP contribution in [0.1, 0.15) is 61.5 Å². The summed E-state index contributed by atoms with van der Waals surface area (Å²) >= 11 is 0. The standard InChI is InChI=1S/C70H56N6/c1-38-11-21-58-49(29-38)50-30-39(2)12-22-59(50)73(58)67-57(37-71)66(48-20-19-46(9)72-47(48)10)68(74-60-23-13-40(3)31-51(60)52-32-41(4)14-24-61(52)74)70(76-64-27-17-44(7)35-55(64)56-36-45(8)18-28-65(56)76)69(67)75-62-25-15-42(5)33-53(62)54-34-43(6)16-26-63(54)75/h11-36H,1-10H3. The highest BCUT2D eigenvalue weighted by Gasteiger charge is 2.36. The van der Waals surface area contributed by atoms with Crippen LogP contribution in [0.5, 0.6) is 0 Å². The van der Waals surface area contributed by atoms with Crippen LogP contribution in [0.15, 0.2) is 158 Å². The molecule has 14 aromatic rings. The maximum atomic E-state index is 12.8. The first-order valence-corrected chi connectivity index (χ1v) is 26.4. The van der Waals surface area contributed by atoms with E-state index in [-0.39, 0.29) is 0 Å². The molecule has 6 heteroatoms. The van der Waals surface area contributed by atoms with Crippen LogP contribution in [0.2, 0.25) is 0 Å². The van der Waals surface area contributed by atoms with Crippen molar-refractivity contribution in [1.29, 1.82) is 5.26 Å². The van der Waals surface area contributed by atoms with Gasteiger partial charge < -0.3 is 18.3 Å². The van der Waals surface area contributed by atoms with Crippen molar-refractivity contribution in [3.63, 3.8) is 0 Å². The Bertz CT molecular complexity index is 4700. The van der Waals surface area contributed by atoms with Gasteiger partial charge in [0, 0.05) is 65.6 Å². The molecule has 6 nitrogen and oxygen atoms in total. The summed E-state index contributed by atoms with van der Waals surface area (Å²) in [6, 6.07) is 62.2. The Labute approximate surface area is 441 Å². The molecule has 0 saturated heterocycles. The highest BCUT2D eigenvalue weighted by atomic mass is 15.1. The minimum absolute atomic E-state index is 0.554.